The first-order chi connectivity index (χ1) is 6.19. The standard InChI is InChI=1S/C10H11NO2/c1-3-11-6-9(7-12)4-5-10(11)8(2)13/h3-5,7H,1,6H2,2H3. The van der Waals surface area contributed by atoms with Crippen molar-refractivity contribution in [1.29, 1.82) is 0 Å². The van der Waals surface area contributed by atoms with Gasteiger partial charge in [0.1, 0.15) is 6.29 Å². The van der Waals surface area contributed by atoms with Crippen LogP contribution in [0.3, 0.4) is 0 Å². The molecule has 1 rings (SSSR count). The van der Waals surface area contributed by atoms with Gasteiger partial charge in [-0.05, 0) is 12.3 Å². The first-order valence-corrected chi connectivity index (χ1v) is 3.95. The second kappa shape index (κ2) is 3.85. The lowest BCUT2D eigenvalue weighted by Gasteiger charge is -2.24. The molecule has 0 aromatic heterocycles. The van der Waals surface area contributed by atoms with Gasteiger partial charge < -0.3 is 4.90 Å². The van der Waals surface area contributed by atoms with Gasteiger partial charge in [-0.3, -0.25) is 9.59 Å². The number of carbonyl (C=O) groups is 2. The second-order valence-corrected chi connectivity index (χ2v) is 2.78. The molecule has 0 spiro atoms. The number of Topliss-reactive ketones (excluding diaryl/α,β-unsaturated/α-hetero) is 1. The number of allylic oxidation sites excluding steroid dienone is 3. The SMILES string of the molecule is C=CN1CC(C=O)=CC=C1C(C)=O. The van der Waals surface area contributed by atoms with E-state index in [-0.39, 0.29) is 5.78 Å². The van der Waals surface area contributed by atoms with E-state index in [9.17, 15) is 9.59 Å². The highest BCUT2D eigenvalue weighted by atomic mass is 16.1. The molecule has 0 amide bonds. The van der Waals surface area contributed by atoms with E-state index in [4.69, 9.17) is 0 Å². The molecule has 3 nitrogen and oxygen atoms in total. The Morgan fingerprint density at radius 1 is 1.62 bits per heavy atom. The van der Waals surface area contributed by atoms with Crippen molar-refractivity contribution in [3.63, 3.8) is 0 Å². The summed E-state index contributed by atoms with van der Waals surface area (Å²) in [6, 6.07) is 0. The molecule has 0 unspecified atom stereocenters. The molecular formula is C10H11NO2. The third-order valence-corrected chi connectivity index (χ3v) is 1.85. The normalized spacial score (nSPS) is 15.9. The van der Waals surface area contributed by atoms with Crippen LogP contribution in [0.2, 0.25) is 0 Å². The summed E-state index contributed by atoms with van der Waals surface area (Å²) >= 11 is 0. The van der Waals surface area contributed by atoms with E-state index in [1.165, 1.54) is 6.92 Å². The molecule has 1 heterocycles. The quantitative estimate of drug-likeness (QED) is 0.604. The molecule has 68 valence electrons. The van der Waals surface area contributed by atoms with Gasteiger partial charge in [-0.1, -0.05) is 12.7 Å². The molecule has 1 aliphatic heterocycles. The van der Waals surface area contributed by atoms with Crippen LogP contribution in [0, 0.1) is 0 Å². The van der Waals surface area contributed by atoms with Crippen molar-refractivity contribution >= 4 is 12.1 Å². The number of nitrogens with zero attached hydrogens (tertiary/aromatic N) is 1. The molecule has 1 aliphatic rings. The Labute approximate surface area is 77.0 Å². The van der Waals surface area contributed by atoms with E-state index >= 15 is 0 Å². The lowest BCUT2D eigenvalue weighted by molar-refractivity contribution is -0.115. The Morgan fingerprint density at radius 2 is 2.31 bits per heavy atom. The Bertz CT molecular complexity index is 313. The van der Waals surface area contributed by atoms with Crippen molar-refractivity contribution in [2.24, 2.45) is 0 Å². The summed E-state index contributed by atoms with van der Waals surface area (Å²) in [7, 11) is 0. The lowest BCUT2D eigenvalue weighted by atomic mass is 10.1. The number of aldehydes is 1. The summed E-state index contributed by atoms with van der Waals surface area (Å²) in [5, 5.41) is 0. The molecule has 0 atom stereocenters. The van der Waals surface area contributed by atoms with Gasteiger partial charge in [-0.25, -0.2) is 0 Å². The van der Waals surface area contributed by atoms with Crippen LogP contribution in [0.4, 0.5) is 0 Å². The molecule has 13 heavy (non-hydrogen) atoms. The third-order valence-electron chi connectivity index (χ3n) is 1.85. The third kappa shape index (κ3) is 1.93. The van der Waals surface area contributed by atoms with Crippen molar-refractivity contribution in [3.8, 4) is 0 Å². The average molecular weight is 177 g/mol. The van der Waals surface area contributed by atoms with Gasteiger partial charge in [0.05, 0.1) is 12.2 Å². The smallest absolute Gasteiger partial charge is 0.176 e. The highest BCUT2D eigenvalue weighted by Crippen LogP contribution is 2.14. The Hall–Kier alpha value is -1.64. The van der Waals surface area contributed by atoms with Crippen LogP contribution in [0.25, 0.3) is 0 Å². The zero-order valence-electron chi connectivity index (χ0n) is 7.49. The van der Waals surface area contributed by atoms with Crippen molar-refractivity contribution in [3.05, 3.63) is 36.2 Å². The van der Waals surface area contributed by atoms with Crippen LogP contribution < -0.4 is 0 Å². The van der Waals surface area contributed by atoms with E-state index in [1.54, 1.807) is 23.3 Å². The Balaban J connectivity index is 2.98. The van der Waals surface area contributed by atoms with Crippen LogP contribution >= 0.6 is 0 Å². The van der Waals surface area contributed by atoms with Crippen LogP contribution in [-0.2, 0) is 9.59 Å². The van der Waals surface area contributed by atoms with Gasteiger partial charge in [0, 0.05) is 12.5 Å². The van der Waals surface area contributed by atoms with Gasteiger partial charge in [0.2, 0.25) is 0 Å². The lowest BCUT2D eigenvalue weighted by Crippen LogP contribution is -2.26. The number of hydrogen-bond acceptors (Lipinski definition) is 3. The Morgan fingerprint density at radius 3 is 2.77 bits per heavy atom. The fourth-order valence-corrected chi connectivity index (χ4v) is 1.18. The molecule has 3 heteroatoms. The summed E-state index contributed by atoms with van der Waals surface area (Å²) in [5.41, 5.74) is 1.21. The minimum absolute atomic E-state index is 0.0268. The number of ketones is 1. The monoisotopic (exact) mass is 177 g/mol. The summed E-state index contributed by atoms with van der Waals surface area (Å²) < 4.78 is 0. The summed E-state index contributed by atoms with van der Waals surface area (Å²) in [6.45, 7) is 5.49. The zero-order valence-corrected chi connectivity index (χ0v) is 7.49. The molecule has 0 aliphatic carbocycles. The molecule has 0 radical (unpaired) electrons. The second-order valence-electron chi connectivity index (χ2n) is 2.78. The van der Waals surface area contributed by atoms with Crippen LogP contribution in [0.15, 0.2) is 36.2 Å². The summed E-state index contributed by atoms with van der Waals surface area (Å²) in [6.07, 6.45) is 5.62. The van der Waals surface area contributed by atoms with E-state index in [0.29, 0.717) is 17.8 Å². The molecule has 0 N–H and O–H groups in total. The Kier molecular flexibility index (Phi) is 2.80. The summed E-state index contributed by atoms with van der Waals surface area (Å²) in [5.74, 6) is -0.0268. The van der Waals surface area contributed by atoms with E-state index in [2.05, 4.69) is 6.58 Å². The topological polar surface area (TPSA) is 37.4 Å². The van der Waals surface area contributed by atoms with Crippen molar-refractivity contribution in [2.45, 2.75) is 6.92 Å². The number of carbonyl (C=O) groups excluding carboxylic acids is 2. The number of hydrogen-bond donors (Lipinski definition) is 0. The minimum atomic E-state index is -0.0268. The van der Waals surface area contributed by atoms with E-state index in [1.807, 2.05) is 0 Å². The van der Waals surface area contributed by atoms with Crippen molar-refractivity contribution in [1.82, 2.24) is 4.90 Å². The molecule has 0 saturated heterocycles. The zero-order chi connectivity index (χ0) is 9.84. The largest absolute Gasteiger partial charge is 0.341 e. The molecule has 0 bridgehead atoms. The predicted octanol–water partition coefficient (Wildman–Crippen LogP) is 1.04. The molecule has 0 aromatic carbocycles. The maximum atomic E-state index is 11.1. The average Bonchev–Trinajstić information content (AvgIpc) is 2.16. The highest BCUT2D eigenvalue weighted by molar-refractivity contribution is 5.94. The molecule has 0 saturated carbocycles. The molecular weight excluding hydrogens is 166 g/mol. The van der Waals surface area contributed by atoms with Crippen LogP contribution in [-0.4, -0.2) is 23.5 Å². The van der Waals surface area contributed by atoms with Gasteiger partial charge in [0.25, 0.3) is 0 Å². The molecule has 0 fully saturated rings. The van der Waals surface area contributed by atoms with Gasteiger partial charge in [-0.2, -0.15) is 0 Å². The van der Waals surface area contributed by atoms with Gasteiger partial charge >= 0.3 is 0 Å². The highest BCUT2D eigenvalue weighted by Gasteiger charge is 2.15. The predicted molar refractivity (Wildman–Crippen MR) is 49.8 cm³/mol. The first kappa shape index (κ1) is 9.45. The minimum Gasteiger partial charge on any atom is -0.341 e. The van der Waals surface area contributed by atoms with E-state index in [0.717, 1.165) is 6.29 Å². The fourth-order valence-electron chi connectivity index (χ4n) is 1.18. The van der Waals surface area contributed by atoms with Crippen molar-refractivity contribution < 1.29 is 9.59 Å². The van der Waals surface area contributed by atoms with Crippen LogP contribution in [0.5, 0.6) is 0 Å². The van der Waals surface area contributed by atoms with Crippen LogP contribution in [0.1, 0.15) is 6.92 Å². The number of rotatable bonds is 3. The van der Waals surface area contributed by atoms with Crippen molar-refractivity contribution in [2.75, 3.05) is 6.54 Å². The molecule has 0 aromatic rings. The summed E-state index contributed by atoms with van der Waals surface area (Å²) in [4.78, 5) is 23.2. The van der Waals surface area contributed by atoms with Gasteiger partial charge in [0.15, 0.2) is 5.78 Å². The van der Waals surface area contributed by atoms with E-state index < -0.39 is 0 Å². The first-order valence-electron chi connectivity index (χ1n) is 3.95. The van der Waals surface area contributed by atoms with Gasteiger partial charge in [-0.15, -0.1) is 0 Å². The fraction of sp³-hybridized carbons (Fsp3) is 0.200. The maximum absolute atomic E-state index is 11.1. The maximum Gasteiger partial charge on any atom is 0.176 e.